The Hall–Kier alpha value is -1.95. The Bertz CT molecular complexity index is 513. The summed E-state index contributed by atoms with van der Waals surface area (Å²) in [4.78, 5) is 24.7. The monoisotopic (exact) mass is 291 g/mol. The molecule has 1 amide bonds. The lowest BCUT2D eigenvalue weighted by molar-refractivity contribution is -0.385. The summed E-state index contributed by atoms with van der Waals surface area (Å²) in [5.74, 6) is -0.0551. The number of hydrogen-bond acceptors (Lipinski definition) is 4. The number of likely N-dealkylation sites (N-methyl/N-ethyl adjacent to an activating group) is 1. The molecule has 1 heterocycles. The van der Waals surface area contributed by atoms with Gasteiger partial charge in [0, 0.05) is 30.8 Å². The van der Waals surface area contributed by atoms with E-state index in [2.05, 4.69) is 5.32 Å². The van der Waals surface area contributed by atoms with Crippen molar-refractivity contribution in [2.45, 2.75) is 32.2 Å². The smallest absolute Gasteiger partial charge is 0.273 e. The van der Waals surface area contributed by atoms with Crippen LogP contribution in [0.4, 0.5) is 5.69 Å². The van der Waals surface area contributed by atoms with Gasteiger partial charge >= 0.3 is 0 Å². The molecule has 1 unspecified atom stereocenters. The van der Waals surface area contributed by atoms with Gasteiger partial charge < -0.3 is 10.2 Å². The molecule has 0 spiro atoms. The van der Waals surface area contributed by atoms with Crippen LogP contribution >= 0.6 is 0 Å². The number of para-hydroxylation sites is 1. The number of rotatable bonds is 6. The molecule has 0 aromatic heterocycles. The molecule has 1 saturated heterocycles. The predicted molar refractivity (Wildman–Crippen MR) is 80.1 cm³/mol. The van der Waals surface area contributed by atoms with Crippen molar-refractivity contribution in [3.63, 3.8) is 0 Å². The van der Waals surface area contributed by atoms with Crippen molar-refractivity contribution >= 4 is 11.6 Å². The fraction of sp³-hybridized carbons (Fsp3) is 0.533. The molecule has 0 radical (unpaired) electrons. The predicted octanol–water partition coefficient (Wildman–Crippen LogP) is 1.74. The molecular weight excluding hydrogens is 270 g/mol. The highest BCUT2D eigenvalue weighted by atomic mass is 16.6. The summed E-state index contributed by atoms with van der Waals surface area (Å²) in [6.07, 6.45) is 2.30. The third kappa shape index (κ3) is 4.01. The Balaban J connectivity index is 2.03. The third-order valence-electron chi connectivity index (χ3n) is 3.87. The maximum atomic E-state index is 12.4. The van der Waals surface area contributed by atoms with Crippen LogP contribution in [0.3, 0.4) is 0 Å². The molecular formula is C15H21N3O3. The Morgan fingerprint density at radius 1 is 1.48 bits per heavy atom. The lowest BCUT2D eigenvalue weighted by atomic mass is 10.1. The molecule has 1 aromatic carbocycles. The second-order valence-corrected chi connectivity index (χ2v) is 5.29. The van der Waals surface area contributed by atoms with E-state index in [4.69, 9.17) is 0 Å². The van der Waals surface area contributed by atoms with E-state index in [0.29, 0.717) is 24.7 Å². The van der Waals surface area contributed by atoms with Crippen LogP contribution in [0.15, 0.2) is 24.3 Å². The minimum Gasteiger partial charge on any atom is -0.341 e. The van der Waals surface area contributed by atoms with Gasteiger partial charge in [-0.1, -0.05) is 18.2 Å². The van der Waals surface area contributed by atoms with E-state index in [-0.39, 0.29) is 18.0 Å². The number of amides is 1. The Kier molecular flexibility index (Phi) is 5.27. The Morgan fingerprint density at radius 3 is 2.86 bits per heavy atom. The fourth-order valence-electron chi connectivity index (χ4n) is 2.70. The van der Waals surface area contributed by atoms with Crippen LogP contribution in [0, 0.1) is 10.1 Å². The summed E-state index contributed by atoms with van der Waals surface area (Å²) >= 11 is 0. The molecule has 1 aliphatic rings. The van der Waals surface area contributed by atoms with Crippen molar-refractivity contribution in [1.29, 1.82) is 0 Å². The van der Waals surface area contributed by atoms with E-state index in [1.807, 2.05) is 6.92 Å². The quantitative estimate of drug-likeness (QED) is 0.640. The first kappa shape index (κ1) is 15.4. The molecule has 21 heavy (non-hydrogen) atoms. The van der Waals surface area contributed by atoms with Crippen LogP contribution in [0.1, 0.15) is 25.3 Å². The highest BCUT2D eigenvalue weighted by Crippen LogP contribution is 2.19. The van der Waals surface area contributed by atoms with Gasteiger partial charge in [-0.3, -0.25) is 14.9 Å². The summed E-state index contributed by atoms with van der Waals surface area (Å²) in [7, 11) is 0. The first-order chi connectivity index (χ1) is 10.1. The zero-order valence-electron chi connectivity index (χ0n) is 12.2. The van der Waals surface area contributed by atoms with Crippen LogP contribution in [0.5, 0.6) is 0 Å². The van der Waals surface area contributed by atoms with E-state index in [0.717, 1.165) is 19.4 Å². The molecule has 0 aliphatic carbocycles. The summed E-state index contributed by atoms with van der Waals surface area (Å²) in [6, 6.07) is 6.78. The number of nitro benzene ring substituents is 1. The summed E-state index contributed by atoms with van der Waals surface area (Å²) in [6.45, 7) is 4.24. The fourth-order valence-corrected chi connectivity index (χ4v) is 2.70. The molecule has 114 valence electrons. The van der Waals surface area contributed by atoms with Crippen LogP contribution in [0.25, 0.3) is 0 Å². The summed E-state index contributed by atoms with van der Waals surface area (Å²) in [5.41, 5.74) is 0.492. The van der Waals surface area contributed by atoms with Gasteiger partial charge in [0.2, 0.25) is 5.91 Å². The number of nitrogens with zero attached hydrogens (tertiary/aromatic N) is 2. The highest BCUT2D eigenvalue weighted by Gasteiger charge is 2.22. The van der Waals surface area contributed by atoms with Gasteiger partial charge in [-0.15, -0.1) is 0 Å². The lowest BCUT2D eigenvalue weighted by Crippen LogP contribution is -2.41. The summed E-state index contributed by atoms with van der Waals surface area (Å²) in [5, 5.41) is 14.4. The molecule has 6 nitrogen and oxygen atoms in total. The molecule has 1 aliphatic heterocycles. The van der Waals surface area contributed by atoms with Crippen molar-refractivity contribution in [2.24, 2.45) is 0 Å². The van der Waals surface area contributed by atoms with Gasteiger partial charge in [0.25, 0.3) is 5.69 Å². The topological polar surface area (TPSA) is 75.5 Å². The van der Waals surface area contributed by atoms with E-state index in [1.165, 1.54) is 6.07 Å². The van der Waals surface area contributed by atoms with Gasteiger partial charge in [-0.05, 0) is 26.3 Å². The standard InChI is InChI=1S/C15H21N3O3/c1-2-17(11-13-7-5-9-16-13)15(19)10-12-6-3-4-8-14(12)18(20)21/h3-4,6,8,13,16H,2,5,7,9-11H2,1H3. The second-order valence-electron chi connectivity index (χ2n) is 5.29. The number of benzene rings is 1. The van der Waals surface area contributed by atoms with Crippen LogP contribution in [0.2, 0.25) is 0 Å². The number of nitrogens with one attached hydrogen (secondary N) is 1. The third-order valence-corrected chi connectivity index (χ3v) is 3.87. The molecule has 1 fully saturated rings. The van der Waals surface area contributed by atoms with E-state index in [9.17, 15) is 14.9 Å². The number of hydrogen-bond donors (Lipinski definition) is 1. The summed E-state index contributed by atoms with van der Waals surface area (Å²) < 4.78 is 0. The maximum absolute atomic E-state index is 12.4. The van der Waals surface area contributed by atoms with Gasteiger partial charge in [0.05, 0.1) is 11.3 Å². The van der Waals surface area contributed by atoms with Gasteiger partial charge in [0.1, 0.15) is 0 Å². The Labute approximate surface area is 124 Å². The highest BCUT2D eigenvalue weighted by molar-refractivity contribution is 5.80. The normalized spacial score (nSPS) is 17.7. The average molecular weight is 291 g/mol. The van der Waals surface area contributed by atoms with Crippen molar-refractivity contribution in [3.8, 4) is 0 Å². The molecule has 1 atom stereocenters. The van der Waals surface area contributed by atoms with Crippen molar-refractivity contribution in [2.75, 3.05) is 19.6 Å². The zero-order chi connectivity index (χ0) is 15.2. The van der Waals surface area contributed by atoms with Crippen LogP contribution in [-0.4, -0.2) is 41.4 Å². The molecule has 6 heteroatoms. The molecule has 0 saturated carbocycles. The maximum Gasteiger partial charge on any atom is 0.273 e. The molecule has 0 bridgehead atoms. The number of nitro groups is 1. The number of carbonyl (C=O) groups is 1. The van der Waals surface area contributed by atoms with Crippen molar-refractivity contribution < 1.29 is 9.72 Å². The van der Waals surface area contributed by atoms with E-state index >= 15 is 0 Å². The average Bonchev–Trinajstić information content (AvgIpc) is 2.98. The van der Waals surface area contributed by atoms with Crippen LogP contribution in [-0.2, 0) is 11.2 Å². The molecule has 2 rings (SSSR count). The van der Waals surface area contributed by atoms with Crippen molar-refractivity contribution in [1.82, 2.24) is 10.2 Å². The lowest BCUT2D eigenvalue weighted by Gasteiger charge is -2.24. The van der Waals surface area contributed by atoms with Crippen LogP contribution < -0.4 is 5.32 Å². The zero-order valence-corrected chi connectivity index (χ0v) is 12.2. The van der Waals surface area contributed by atoms with Gasteiger partial charge in [-0.25, -0.2) is 0 Å². The molecule has 1 N–H and O–H groups in total. The second kappa shape index (κ2) is 7.17. The SMILES string of the molecule is CCN(CC1CCCN1)C(=O)Cc1ccccc1[N+](=O)[O-]. The van der Waals surface area contributed by atoms with Gasteiger partial charge in [0.15, 0.2) is 0 Å². The van der Waals surface area contributed by atoms with Crippen molar-refractivity contribution in [3.05, 3.63) is 39.9 Å². The largest absolute Gasteiger partial charge is 0.341 e. The minimum absolute atomic E-state index is 0.0147. The number of carbonyl (C=O) groups excluding carboxylic acids is 1. The van der Waals surface area contributed by atoms with E-state index in [1.54, 1.807) is 23.1 Å². The van der Waals surface area contributed by atoms with Gasteiger partial charge in [-0.2, -0.15) is 0 Å². The molecule has 1 aromatic rings. The van der Waals surface area contributed by atoms with E-state index < -0.39 is 4.92 Å². The minimum atomic E-state index is -0.433. The Morgan fingerprint density at radius 2 is 2.24 bits per heavy atom. The first-order valence-electron chi connectivity index (χ1n) is 7.35. The first-order valence-corrected chi connectivity index (χ1v) is 7.35.